The highest BCUT2D eigenvalue weighted by Crippen LogP contribution is 2.37. The Labute approximate surface area is 145 Å². The Bertz CT molecular complexity index is 712. The van der Waals surface area contributed by atoms with Crippen LogP contribution in [0.2, 0.25) is 0 Å². The molecule has 0 amide bonds. The molecule has 1 unspecified atom stereocenters. The smallest absolute Gasteiger partial charge is 0.341 e. The molecule has 2 aromatic rings. The lowest BCUT2D eigenvalue weighted by molar-refractivity contribution is -0.139. The Morgan fingerprint density at radius 1 is 1.42 bits per heavy atom. The highest BCUT2D eigenvalue weighted by Gasteiger charge is 2.26. The zero-order chi connectivity index (χ0) is 17.1. The average molecular weight is 346 g/mol. The molecule has 0 spiro atoms. The standard InChI is InChI=1S/C18H22N2O3S/c1-12-19-15-4-3-5-16(18(15)24-12)20(2)10-13-6-8-14(9-7-13)23-11-17(21)22/h6-9,16H,3-5,10-11H2,1-2H3,(H,21,22). The van der Waals surface area contributed by atoms with Crippen molar-refractivity contribution in [3.8, 4) is 5.75 Å². The first-order valence-corrected chi connectivity index (χ1v) is 8.94. The number of benzene rings is 1. The van der Waals surface area contributed by atoms with Crippen LogP contribution in [0.4, 0.5) is 0 Å². The van der Waals surface area contributed by atoms with E-state index in [0.29, 0.717) is 11.8 Å². The number of aromatic nitrogens is 1. The van der Waals surface area contributed by atoms with Crippen LogP contribution in [0.1, 0.15) is 40.0 Å². The average Bonchev–Trinajstić information content (AvgIpc) is 2.94. The molecular weight excluding hydrogens is 324 g/mol. The normalized spacial score (nSPS) is 16.9. The van der Waals surface area contributed by atoms with Gasteiger partial charge in [0.25, 0.3) is 0 Å². The molecule has 0 bridgehead atoms. The van der Waals surface area contributed by atoms with E-state index in [1.807, 2.05) is 35.6 Å². The van der Waals surface area contributed by atoms with E-state index in [4.69, 9.17) is 9.84 Å². The maximum Gasteiger partial charge on any atom is 0.341 e. The van der Waals surface area contributed by atoms with E-state index in [9.17, 15) is 4.79 Å². The Morgan fingerprint density at radius 2 is 2.17 bits per heavy atom. The van der Waals surface area contributed by atoms with E-state index < -0.39 is 5.97 Å². The second-order valence-corrected chi connectivity index (χ2v) is 7.43. The molecule has 6 heteroatoms. The summed E-state index contributed by atoms with van der Waals surface area (Å²) in [6, 6.07) is 8.08. The van der Waals surface area contributed by atoms with Gasteiger partial charge in [0.05, 0.1) is 10.7 Å². The van der Waals surface area contributed by atoms with Gasteiger partial charge >= 0.3 is 5.97 Å². The molecule has 1 N–H and O–H groups in total. The Balaban J connectivity index is 1.65. The third-order valence-electron chi connectivity index (χ3n) is 4.28. The highest BCUT2D eigenvalue weighted by molar-refractivity contribution is 7.11. The monoisotopic (exact) mass is 346 g/mol. The summed E-state index contributed by atoms with van der Waals surface area (Å²) < 4.78 is 5.17. The van der Waals surface area contributed by atoms with Gasteiger partial charge in [0, 0.05) is 17.5 Å². The molecule has 0 aliphatic heterocycles. The molecule has 128 valence electrons. The van der Waals surface area contributed by atoms with Gasteiger partial charge in [0.1, 0.15) is 5.75 Å². The molecule has 1 atom stereocenters. The second-order valence-electron chi connectivity index (χ2n) is 6.19. The molecule has 1 aromatic heterocycles. The molecule has 1 aromatic carbocycles. The lowest BCUT2D eigenvalue weighted by atomic mass is 9.96. The van der Waals surface area contributed by atoms with Gasteiger partial charge in [-0.2, -0.15) is 0 Å². The van der Waals surface area contributed by atoms with E-state index >= 15 is 0 Å². The fraction of sp³-hybridized carbons (Fsp3) is 0.444. The number of nitrogens with zero attached hydrogens (tertiary/aromatic N) is 2. The number of fused-ring (bicyclic) bond motifs is 1. The van der Waals surface area contributed by atoms with Crippen molar-refractivity contribution < 1.29 is 14.6 Å². The molecule has 24 heavy (non-hydrogen) atoms. The van der Waals surface area contributed by atoms with E-state index in [0.717, 1.165) is 18.0 Å². The first-order valence-electron chi connectivity index (χ1n) is 8.13. The zero-order valence-corrected chi connectivity index (χ0v) is 14.8. The van der Waals surface area contributed by atoms with Crippen molar-refractivity contribution in [3.05, 3.63) is 45.4 Å². The first-order chi connectivity index (χ1) is 11.5. The van der Waals surface area contributed by atoms with Gasteiger partial charge < -0.3 is 9.84 Å². The Morgan fingerprint density at radius 3 is 2.88 bits per heavy atom. The van der Waals surface area contributed by atoms with Gasteiger partial charge in [-0.05, 0) is 50.9 Å². The molecular formula is C18H22N2O3S. The Hall–Kier alpha value is -1.92. The maximum atomic E-state index is 10.5. The van der Waals surface area contributed by atoms with Crippen LogP contribution >= 0.6 is 11.3 Å². The quantitative estimate of drug-likeness (QED) is 0.868. The summed E-state index contributed by atoms with van der Waals surface area (Å²) in [5.74, 6) is -0.381. The largest absolute Gasteiger partial charge is 0.482 e. The number of rotatable bonds is 6. The minimum absolute atomic E-state index is 0.311. The predicted octanol–water partition coefficient (Wildman–Crippen LogP) is 3.42. The lowest BCUT2D eigenvalue weighted by Gasteiger charge is -2.30. The molecule has 0 saturated heterocycles. The van der Waals surface area contributed by atoms with Crippen LogP contribution < -0.4 is 4.74 Å². The molecule has 5 nitrogen and oxygen atoms in total. The molecule has 0 saturated carbocycles. The van der Waals surface area contributed by atoms with Crippen LogP contribution in [0.5, 0.6) is 5.75 Å². The summed E-state index contributed by atoms with van der Waals surface area (Å²) in [5, 5.41) is 9.79. The van der Waals surface area contributed by atoms with E-state index in [1.54, 1.807) is 0 Å². The third-order valence-corrected chi connectivity index (χ3v) is 5.39. The van der Waals surface area contributed by atoms with Gasteiger partial charge in [-0.1, -0.05) is 12.1 Å². The summed E-state index contributed by atoms with van der Waals surface area (Å²) in [6.45, 7) is 2.62. The van der Waals surface area contributed by atoms with Crippen LogP contribution in [-0.4, -0.2) is 34.6 Å². The minimum Gasteiger partial charge on any atom is -0.482 e. The van der Waals surface area contributed by atoms with Crippen LogP contribution in [-0.2, 0) is 17.8 Å². The fourth-order valence-electron chi connectivity index (χ4n) is 3.17. The fourth-order valence-corrected chi connectivity index (χ4v) is 4.35. The number of thiazole rings is 1. The summed E-state index contributed by atoms with van der Waals surface area (Å²) in [6.07, 6.45) is 3.46. The number of carboxylic acid groups (broad SMARTS) is 1. The number of hydrogen-bond donors (Lipinski definition) is 1. The number of aryl methyl sites for hydroxylation is 2. The van der Waals surface area contributed by atoms with Gasteiger partial charge in [0.2, 0.25) is 0 Å². The molecule has 0 radical (unpaired) electrons. The van der Waals surface area contributed by atoms with E-state index in [2.05, 4.69) is 23.9 Å². The van der Waals surface area contributed by atoms with Crippen LogP contribution in [0, 0.1) is 6.92 Å². The topological polar surface area (TPSA) is 62.7 Å². The zero-order valence-electron chi connectivity index (χ0n) is 14.0. The van der Waals surface area contributed by atoms with Crippen LogP contribution in [0.25, 0.3) is 0 Å². The van der Waals surface area contributed by atoms with Crippen molar-refractivity contribution in [2.75, 3.05) is 13.7 Å². The number of carboxylic acids is 1. The number of hydrogen-bond acceptors (Lipinski definition) is 5. The predicted molar refractivity (Wildman–Crippen MR) is 93.6 cm³/mol. The molecule has 1 aliphatic carbocycles. The lowest BCUT2D eigenvalue weighted by Crippen LogP contribution is -2.26. The van der Waals surface area contributed by atoms with E-state index in [-0.39, 0.29) is 6.61 Å². The summed E-state index contributed by atoms with van der Waals surface area (Å²) in [5.41, 5.74) is 2.46. The van der Waals surface area contributed by atoms with Crippen molar-refractivity contribution >= 4 is 17.3 Å². The highest BCUT2D eigenvalue weighted by atomic mass is 32.1. The summed E-state index contributed by atoms with van der Waals surface area (Å²) >= 11 is 1.82. The van der Waals surface area contributed by atoms with Crippen molar-refractivity contribution in [3.63, 3.8) is 0 Å². The van der Waals surface area contributed by atoms with Crippen molar-refractivity contribution in [2.24, 2.45) is 0 Å². The van der Waals surface area contributed by atoms with Crippen LogP contribution in [0.3, 0.4) is 0 Å². The maximum absolute atomic E-state index is 10.5. The Kier molecular flexibility index (Phi) is 5.16. The van der Waals surface area contributed by atoms with Gasteiger partial charge in [-0.25, -0.2) is 9.78 Å². The van der Waals surface area contributed by atoms with Gasteiger partial charge in [0.15, 0.2) is 6.61 Å². The molecule has 1 aliphatic rings. The van der Waals surface area contributed by atoms with Crippen molar-refractivity contribution in [2.45, 2.75) is 38.8 Å². The molecule has 1 heterocycles. The SMILES string of the molecule is Cc1nc2c(s1)C(N(C)Cc1ccc(OCC(=O)O)cc1)CCC2. The second kappa shape index (κ2) is 7.32. The molecule has 3 rings (SSSR count). The number of ether oxygens (including phenoxy) is 1. The van der Waals surface area contributed by atoms with Crippen LogP contribution in [0.15, 0.2) is 24.3 Å². The van der Waals surface area contributed by atoms with Gasteiger partial charge in [-0.15, -0.1) is 11.3 Å². The van der Waals surface area contributed by atoms with Crippen molar-refractivity contribution in [1.29, 1.82) is 0 Å². The number of carbonyl (C=O) groups is 1. The number of aliphatic carboxylic acids is 1. The summed E-state index contributed by atoms with van der Waals surface area (Å²) in [4.78, 5) is 19.0. The first kappa shape index (κ1) is 16.9. The third kappa shape index (κ3) is 3.94. The summed E-state index contributed by atoms with van der Waals surface area (Å²) in [7, 11) is 2.16. The van der Waals surface area contributed by atoms with Gasteiger partial charge in [-0.3, -0.25) is 4.90 Å². The minimum atomic E-state index is -0.966. The van der Waals surface area contributed by atoms with Crippen molar-refractivity contribution in [1.82, 2.24) is 9.88 Å². The van der Waals surface area contributed by atoms with E-state index in [1.165, 1.54) is 29.0 Å². The molecule has 0 fully saturated rings.